The SMILES string of the molecule is CCCOC1OC(CO)C(O)C(OC(=O)NC)C1O. The van der Waals surface area contributed by atoms with Crippen molar-refractivity contribution < 1.29 is 34.3 Å². The lowest BCUT2D eigenvalue weighted by Gasteiger charge is -2.41. The van der Waals surface area contributed by atoms with Crippen LogP contribution in [0, 0.1) is 0 Å². The summed E-state index contributed by atoms with van der Waals surface area (Å²) in [4.78, 5) is 11.2. The second-order valence-corrected chi connectivity index (χ2v) is 4.20. The third-order valence-corrected chi connectivity index (χ3v) is 2.76. The molecule has 1 saturated heterocycles. The molecule has 19 heavy (non-hydrogen) atoms. The second-order valence-electron chi connectivity index (χ2n) is 4.20. The molecule has 5 unspecified atom stereocenters. The number of amides is 1. The molecule has 0 aromatic rings. The van der Waals surface area contributed by atoms with Crippen LogP contribution >= 0.6 is 0 Å². The summed E-state index contributed by atoms with van der Waals surface area (Å²) in [5, 5.41) is 31.2. The topological polar surface area (TPSA) is 117 Å². The third kappa shape index (κ3) is 4.02. The van der Waals surface area contributed by atoms with Crippen LogP contribution in [0.3, 0.4) is 0 Å². The lowest BCUT2D eigenvalue weighted by molar-refractivity contribution is -0.300. The Labute approximate surface area is 111 Å². The van der Waals surface area contributed by atoms with Crippen LogP contribution in [-0.2, 0) is 14.2 Å². The predicted octanol–water partition coefficient (Wildman–Crippen LogP) is -1.42. The van der Waals surface area contributed by atoms with Gasteiger partial charge in [0.1, 0.15) is 18.3 Å². The second kappa shape index (κ2) is 7.61. The van der Waals surface area contributed by atoms with Crippen LogP contribution in [0.15, 0.2) is 0 Å². The van der Waals surface area contributed by atoms with E-state index in [4.69, 9.17) is 19.3 Å². The van der Waals surface area contributed by atoms with Gasteiger partial charge in [-0.15, -0.1) is 0 Å². The van der Waals surface area contributed by atoms with E-state index in [0.29, 0.717) is 13.0 Å². The van der Waals surface area contributed by atoms with Gasteiger partial charge < -0.3 is 34.8 Å². The first-order valence-electron chi connectivity index (χ1n) is 6.17. The number of hydrogen-bond donors (Lipinski definition) is 4. The Morgan fingerprint density at radius 1 is 1.37 bits per heavy atom. The number of aliphatic hydroxyl groups excluding tert-OH is 3. The summed E-state index contributed by atoms with van der Waals surface area (Å²) < 4.78 is 15.4. The van der Waals surface area contributed by atoms with E-state index < -0.39 is 43.4 Å². The fourth-order valence-electron chi connectivity index (χ4n) is 1.75. The number of hydrogen-bond acceptors (Lipinski definition) is 7. The highest BCUT2D eigenvalue weighted by Gasteiger charge is 2.47. The Balaban J connectivity index is 2.75. The third-order valence-electron chi connectivity index (χ3n) is 2.76. The van der Waals surface area contributed by atoms with Crippen molar-refractivity contribution in [1.29, 1.82) is 0 Å². The van der Waals surface area contributed by atoms with Gasteiger partial charge in [0.25, 0.3) is 0 Å². The van der Waals surface area contributed by atoms with Crippen molar-refractivity contribution in [2.45, 2.75) is 44.1 Å². The summed E-state index contributed by atoms with van der Waals surface area (Å²) in [6.45, 7) is 1.74. The zero-order valence-corrected chi connectivity index (χ0v) is 11.0. The monoisotopic (exact) mass is 279 g/mol. The first-order valence-corrected chi connectivity index (χ1v) is 6.17. The molecule has 4 N–H and O–H groups in total. The van der Waals surface area contributed by atoms with Crippen LogP contribution in [0.1, 0.15) is 13.3 Å². The lowest BCUT2D eigenvalue weighted by atomic mass is 9.99. The number of ether oxygens (including phenoxy) is 3. The fraction of sp³-hybridized carbons (Fsp3) is 0.909. The Bertz CT molecular complexity index is 288. The Hall–Kier alpha value is -0.930. The van der Waals surface area contributed by atoms with Gasteiger partial charge >= 0.3 is 6.09 Å². The molecule has 0 saturated carbocycles. The molecule has 1 fully saturated rings. The summed E-state index contributed by atoms with van der Waals surface area (Å²) in [5.41, 5.74) is 0. The van der Waals surface area contributed by atoms with Gasteiger partial charge in [-0.05, 0) is 6.42 Å². The van der Waals surface area contributed by atoms with E-state index in [1.807, 2.05) is 6.92 Å². The van der Waals surface area contributed by atoms with E-state index >= 15 is 0 Å². The largest absolute Gasteiger partial charge is 0.440 e. The highest BCUT2D eigenvalue weighted by Crippen LogP contribution is 2.24. The van der Waals surface area contributed by atoms with Gasteiger partial charge in [0, 0.05) is 13.7 Å². The molecule has 0 radical (unpaired) electrons. The number of alkyl carbamates (subject to hydrolysis) is 1. The Morgan fingerprint density at radius 2 is 2.05 bits per heavy atom. The highest BCUT2D eigenvalue weighted by molar-refractivity contribution is 5.67. The van der Waals surface area contributed by atoms with E-state index in [2.05, 4.69) is 5.32 Å². The maximum Gasteiger partial charge on any atom is 0.407 e. The van der Waals surface area contributed by atoms with E-state index in [0.717, 1.165) is 0 Å². The molecular formula is C11H21NO7. The first kappa shape index (κ1) is 16.1. The minimum Gasteiger partial charge on any atom is -0.440 e. The van der Waals surface area contributed by atoms with Crippen molar-refractivity contribution in [1.82, 2.24) is 5.32 Å². The average molecular weight is 279 g/mol. The van der Waals surface area contributed by atoms with Gasteiger partial charge in [0.05, 0.1) is 6.61 Å². The van der Waals surface area contributed by atoms with E-state index in [9.17, 15) is 15.0 Å². The normalized spacial score (nSPS) is 34.9. The van der Waals surface area contributed by atoms with Crippen molar-refractivity contribution in [3.05, 3.63) is 0 Å². The smallest absolute Gasteiger partial charge is 0.407 e. The summed E-state index contributed by atoms with van der Waals surface area (Å²) in [7, 11) is 1.36. The van der Waals surface area contributed by atoms with Gasteiger partial charge in [0.2, 0.25) is 0 Å². The molecule has 0 aromatic heterocycles. The number of nitrogens with one attached hydrogen (secondary N) is 1. The fourth-order valence-corrected chi connectivity index (χ4v) is 1.75. The van der Waals surface area contributed by atoms with E-state index in [1.165, 1.54) is 7.05 Å². The average Bonchev–Trinajstić information content (AvgIpc) is 2.42. The molecule has 1 amide bonds. The van der Waals surface area contributed by atoms with Gasteiger partial charge in [-0.1, -0.05) is 6.92 Å². The highest BCUT2D eigenvalue weighted by atomic mass is 16.7. The van der Waals surface area contributed by atoms with Crippen LogP contribution in [0.25, 0.3) is 0 Å². The maximum absolute atomic E-state index is 11.2. The minimum absolute atomic E-state index is 0.336. The number of rotatable bonds is 5. The zero-order valence-electron chi connectivity index (χ0n) is 11.0. The summed E-state index contributed by atoms with van der Waals surface area (Å²) >= 11 is 0. The molecule has 1 aliphatic heterocycles. The lowest BCUT2D eigenvalue weighted by Crippen LogP contribution is -2.61. The first-order chi connectivity index (χ1) is 9.04. The maximum atomic E-state index is 11.2. The van der Waals surface area contributed by atoms with Crippen molar-refractivity contribution in [2.75, 3.05) is 20.3 Å². The molecule has 0 aliphatic carbocycles. The number of carbonyl (C=O) groups is 1. The van der Waals surface area contributed by atoms with Crippen LogP contribution in [0.2, 0.25) is 0 Å². The van der Waals surface area contributed by atoms with Gasteiger partial charge in [0.15, 0.2) is 12.4 Å². The Morgan fingerprint density at radius 3 is 2.58 bits per heavy atom. The van der Waals surface area contributed by atoms with Crippen LogP contribution in [-0.4, -0.2) is 72.4 Å². The molecule has 0 spiro atoms. The standard InChI is InChI=1S/C11H21NO7/c1-3-4-17-10-8(15)9(19-11(16)12-2)7(14)6(5-13)18-10/h6-10,13-15H,3-5H2,1-2H3,(H,12,16). The summed E-state index contributed by atoms with van der Waals surface area (Å²) in [6, 6.07) is 0. The van der Waals surface area contributed by atoms with Crippen molar-refractivity contribution in [3.63, 3.8) is 0 Å². The van der Waals surface area contributed by atoms with Crippen LogP contribution in [0.5, 0.6) is 0 Å². The van der Waals surface area contributed by atoms with Gasteiger partial charge in [-0.25, -0.2) is 4.79 Å². The molecule has 112 valence electrons. The molecule has 8 nitrogen and oxygen atoms in total. The molecule has 0 aromatic carbocycles. The molecule has 1 aliphatic rings. The molecule has 5 atom stereocenters. The minimum atomic E-state index is -1.33. The van der Waals surface area contributed by atoms with Crippen LogP contribution < -0.4 is 5.32 Å². The van der Waals surface area contributed by atoms with E-state index in [1.54, 1.807) is 0 Å². The molecule has 0 bridgehead atoms. The molecule has 1 heterocycles. The van der Waals surface area contributed by atoms with Crippen molar-refractivity contribution in [2.24, 2.45) is 0 Å². The summed E-state index contributed by atoms with van der Waals surface area (Å²) in [5.74, 6) is 0. The number of carbonyl (C=O) groups excluding carboxylic acids is 1. The molecule has 1 rings (SSSR count). The Kier molecular flexibility index (Phi) is 6.46. The van der Waals surface area contributed by atoms with Crippen LogP contribution in [0.4, 0.5) is 4.79 Å². The van der Waals surface area contributed by atoms with Crippen molar-refractivity contribution >= 4 is 6.09 Å². The summed E-state index contributed by atoms with van der Waals surface area (Å²) in [6.07, 6.45) is -6.03. The zero-order chi connectivity index (χ0) is 14.4. The van der Waals surface area contributed by atoms with Gasteiger partial charge in [-0.2, -0.15) is 0 Å². The van der Waals surface area contributed by atoms with Crippen molar-refractivity contribution in [3.8, 4) is 0 Å². The predicted molar refractivity (Wildman–Crippen MR) is 63.3 cm³/mol. The van der Waals surface area contributed by atoms with Gasteiger partial charge in [-0.3, -0.25) is 0 Å². The molecular weight excluding hydrogens is 258 g/mol. The quantitative estimate of drug-likeness (QED) is 0.487. The molecule has 8 heteroatoms. The van der Waals surface area contributed by atoms with E-state index in [-0.39, 0.29) is 0 Å². The number of aliphatic hydroxyl groups is 3.